The van der Waals surface area contributed by atoms with E-state index >= 15 is 0 Å². The molecule has 1 aromatic heterocycles. The summed E-state index contributed by atoms with van der Waals surface area (Å²) >= 11 is 0. The second-order valence-electron chi connectivity index (χ2n) is 5.28. The van der Waals surface area contributed by atoms with Gasteiger partial charge in [0.2, 0.25) is 0 Å². The fraction of sp³-hybridized carbons (Fsp3) is 0.667. The molecule has 0 bridgehead atoms. The number of pyridine rings is 1. The lowest BCUT2D eigenvalue weighted by Crippen LogP contribution is -2.38. The highest BCUT2D eigenvalue weighted by atomic mass is 16.6. The standard InChI is InChI=1S/C15H24N2O2/c1-10-7-11(2)17-13(4)15(10)12(3)16-8-14-9-18-5-6-19-14/h7,12,14,16H,5-6,8-9H2,1-4H3. The Hall–Kier alpha value is -0.970. The maximum atomic E-state index is 5.64. The Morgan fingerprint density at radius 2 is 2.16 bits per heavy atom. The molecule has 1 fully saturated rings. The number of nitrogens with zero attached hydrogens (tertiary/aromatic N) is 1. The number of hydrogen-bond donors (Lipinski definition) is 1. The lowest BCUT2D eigenvalue weighted by molar-refractivity contribution is -0.0869. The lowest BCUT2D eigenvalue weighted by Gasteiger charge is -2.26. The van der Waals surface area contributed by atoms with Crippen LogP contribution in [0.2, 0.25) is 0 Å². The zero-order valence-electron chi connectivity index (χ0n) is 12.3. The van der Waals surface area contributed by atoms with E-state index in [0.29, 0.717) is 19.8 Å². The molecule has 0 amide bonds. The number of aryl methyl sites for hydroxylation is 3. The second kappa shape index (κ2) is 6.46. The van der Waals surface area contributed by atoms with Gasteiger partial charge in [-0.3, -0.25) is 4.98 Å². The number of ether oxygens (including phenoxy) is 2. The zero-order valence-corrected chi connectivity index (χ0v) is 12.3. The summed E-state index contributed by atoms with van der Waals surface area (Å²) in [4.78, 5) is 4.55. The molecule has 19 heavy (non-hydrogen) atoms. The molecule has 2 heterocycles. The Morgan fingerprint density at radius 1 is 1.37 bits per heavy atom. The van der Waals surface area contributed by atoms with Gasteiger partial charge in [-0.25, -0.2) is 0 Å². The third-order valence-corrected chi connectivity index (χ3v) is 3.55. The van der Waals surface area contributed by atoms with Crippen LogP contribution in [0.3, 0.4) is 0 Å². The highest BCUT2D eigenvalue weighted by Gasteiger charge is 2.17. The number of aromatic nitrogens is 1. The molecule has 1 aliphatic heterocycles. The fourth-order valence-electron chi connectivity index (χ4n) is 2.75. The molecule has 0 saturated carbocycles. The first kappa shape index (κ1) is 14.4. The van der Waals surface area contributed by atoms with Crippen LogP contribution in [0.15, 0.2) is 6.07 Å². The third-order valence-electron chi connectivity index (χ3n) is 3.55. The Morgan fingerprint density at radius 3 is 2.79 bits per heavy atom. The molecular formula is C15H24N2O2. The van der Waals surface area contributed by atoms with E-state index < -0.39 is 0 Å². The van der Waals surface area contributed by atoms with Crippen LogP contribution in [0.1, 0.15) is 35.5 Å². The highest BCUT2D eigenvalue weighted by molar-refractivity contribution is 5.33. The minimum Gasteiger partial charge on any atom is -0.376 e. The predicted octanol–water partition coefficient (Wildman–Crippen LogP) is 2.07. The molecule has 2 unspecified atom stereocenters. The van der Waals surface area contributed by atoms with Gasteiger partial charge in [-0.05, 0) is 44.9 Å². The number of nitrogens with one attached hydrogen (secondary N) is 1. The lowest BCUT2D eigenvalue weighted by atomic mass is 10.0. The Balaban J connectivity index is 1.97. The van der Waals surface area contributed by atoms with Crippen LogP contribution in [0, 0.1) is 20.8 Å². The van der Waals surface area contributed by atoms with Crippen LogP contribution < -0.4 is 5.32 Å². The molecule has 2 rings (SSSR count). The molecule has 1 aliphatic rings. The average molecular weight is 264 g/mol. The van der Waals surface area contributed by atoms with Gasteiger partial charge in [0.25, 0.3) is 0 Å². The first-order valence-electron chi connectivity index (χ1n) is 6.95. The molecule has 4 nitrogen and oxygen atoms in total. The van der Waals surface area contributed by atoms with Crippen molar-refractivity contribution in [1.82, 2.24) is 10.3 Å². The van der Waals surface area contributed by atoms with E-state index in [1.807, 2.05) is 6.92 Å². The van der Waals surface area contributed by atoms with Gasteiger partial charge in [-0.2, -0.15) is 0 Å². The summed E-state index contributed by atoms with van der Waals surface area (Å²) in [7, 11) is 0. The normalized spacial score (nSPS) is 21.4. The molecule has 106 valence electrons. The first-order valence-corrected chi connectivity index (χ1v) is 6.95. The van der Waals surface area contributed by atoms with Gasteiger partial charge >= 0.3 is 0 Å². The van der Waals surface area contributed by atoms with Crippen molar-refractivity contribution in [1.29, 1.82) is 0 Å². The third kappa shape index (κ3) is 3.75. The van der Waals surface area contributed by atoms with Gasteiger partial charge in [0.15, 0.2) is 0 Å². The summed E-state index contributed by atoms with van der Waals surface area (Å²) in [5, 5.41) is 3.52. The fourth-order valence-corrected chi connectivity index (χ4v) is 2.75. The Labute approximate surface area is 115 Å². The Bertz CT molecular complexity index is 405. The largest absolute Gasteiger partial charge is 0.376 e. The zero-order chi connectivity index (χ0) is 13.8. The van der Waals surface area contributed by atoms with Crippen LogP contribution in [0.5, 0.6) is 0 Å². The van der Waals surface area contributed by atoms with E-state index in [-0.39, 0.29) is 12.1 Å². The van der Waals surface area contributed by atoms with Gasteiger partial charge in [0.1, 0.15) is 0 Å². The maximum Gasteiger partial charge on any atom is 0.0933 e. The number of rotatable bonds is 4. The number of hydrogen-bond acceptors (Lipinski definition) is 4. The minimum absolute atomic E-state index is 0.162. The van der Waals surface area contributed by atoms with Crippen molar-refractivity contribution in [2.24, 2.45) is 0 Å². The highest BCUT2D eigenvalue weighted by Crippen LogP contribution is 2.21. The van der Waals surface area contributed by atoms with Crippen LogP contribution in [-0.2, 0) is 9.47 Å². The molecule has 0 spiro atoms. The maximum absolute atomic E-state index is 5.64. The molecule has 1 aromatic rings. The van der Waals surface area contributed by atoms with Gasteiger partial charge in [-0.15, -0.1) is 0 Å². The molecule has 0 aromatic carbocycles. The van der Waals surface area contributed by atoms with Crippen LogP contribution >= 0.6 is 0 Å². The van der Waals surface area contributed by atoms with Crippen LogP contribution in [-0.4, -0.2) is 37.5 Å². The quantitative estimate of drug-likeness (QED) is 0.904. The van der Waals surface area contributed by atoms with Gasteiger partial charge in [0.05, 0.1) is 25.9 Å². The molecule has 1 N–H and O–H groups in total. The van der Waals surface area contributed by atoms with Crippen molar-refractivity contribution in [2.75, 3.05) is 26.4 Å². The van der Waals surface area contributed by atoms with Gasteiger partial charge in [-0.1, -0.05) is 0 Å². The summed E-state index contributed by atoms with van der Waals surface area (Å²) in [5.74, 6) is 0. The smallest absolute Gasteiger partial charge is 0.0933 e. The van der Waals surface area contributed by atoms with Crippen LogP contribution in [0.25, 0.3) is 0 Å². The average Bonchev–Trinajstić information content (AvgIpc) is 2.36. The SMILES string of the molecule is Cc1cc(C)c(C(C)NCC2COCCO2)c(C)n1. The van der Waals surface area contributed by atoms with E-state index in [1.165, 1.54) is 11.1 Å². The van der Waals surface area contributed by atoms with E-state index in [4.69, 9.17) is 9.47 Å². The molecule has 0 aliphatic carbocycles. The Kier molecular flexibility index (Phi) is 4.91. The van der Waals surface area contributed by atoms with E-state index in [2.05, 4.69) is 37.1 Å². The summed E-state index contributed by atoms with van der Waals surface area (Å²) < 4.78 is 11.0. The van der Waals surface area contributed by atoms with E-state index in [1.54, 1.807) is 0 Å². The topological polar surface area (TPSA) is 43.4 Å². The first-order chi connectivity index (χ1) is 9.08. The summed E-state index contributed by atoms with van der Waals surface area (Å²) in [6.45, 7) is 11.4. The van der Waals surface area contributed by atoms with Gasteiger partial charge in [0, 0.05) is 24.0 Å². The molecule has 0 radical (unpaired) electrons. The van der Waals surface area contributed by atoms with Crippen molar-refractivity contribution < 1.29 is 9.47 Å². The summed E-state index contributed by atoms with van der Waals surface area (Å²) in [6, 6.07) is 2.42. The molecule has 2 atom stereocenters. The van der Waals surface area contributed by atoms with E-state index in [0.717, 1.165) is 17.9 Å². The summed E-state index contributed by atoms with van der Waals surface area (Å²) in [5.41, 5.74) is 4.78. The summed E-state index contributed by atoms with van der Waals surface area (Å²) in [6.07, 6.45) is 0.162. The van der Waals surface area contributed by atoms with Crippen molar-refractivity contribution in [3.8, 4) is 0 Å². The van der Waals surface area contributed by atoms with Gasteiger partial charge < -0.3 is 14.8 Å². The monoisotopic (exact) mass is 264 g/mol. The second-order valence-corrected chi connectivity index (χ2v) is 5.28. The predicted molar refractivity (Wildman–Crippen MR) is 75.4 cm³/mol. The van der Waals surface area contributed by atoms with Crippen molar-refractivity contribution in [3.05, 3.63) is 28.6 Å². The van der Waals surface area contributed by atoms with Crippen molar-refractivity contribution in [2.45, 2.75) is 39.8 Å². The molecule has 1 saturated heterocycles. The van der Waals surface area contributed by atoms with E-state index in [9.17, 15) is 0 Å². The van der Waals surface area contributed by atoms with Crippen molar-refractivity contribution >= 4 is 0 Å². The van der Waals surface area contributed by atoms with Crippen molar-refractivity contribution in [3.63, 3.8) is 0 Å². The van der Waals surface area contributed by atoms with Crippen LogP contribution in [0.4, 0.5) is 0 Å². The molecule has 4 heteroatoms. The minimum atomic E-state index is 0.162. The molecular weight excluding hydrogens is 240 g/mol.